The Morgan fingerprint density at radius 2 is 1.96 bits per heavy atom. The summed E-state index contributed by atoms with van der Waals surface area (Å²) in [5.41, 5.74) is 6.28. The van der Waals surface area contributed by atoms with Crippen LogP contribution in [0.1, 0.15) is 6.42 Å². The maximum Gasteiger partial charge on any atom is 0.223 e. The number of aliphatic hydroxyl groups excluding tert-OH is 3. The molecule has 1 aliphatic carbocycles. The van der Waals surface area contributed by atoms with Gasteiger partial charge in [0.15, 0.2) is 16.7 Å². The summed E-state index contributed by atoms with van der Waals surface area (Å²) in [6.45, 7) is -0.246. The third-order valence-electron chi connectivity index (χ3n) is 4.29. The largest absolute Gasteiger partial charge is 0.396 e. The Kier molecular flexibility index (Phi) is 6.08. The number of halogens is 2. The number of benzene rings is 1. The lowest BCUT2D eigenvalue weighted by molar-refractivity contribution is 0.00446. The molecular weight excluding hydrogens is 395 g/mol. The van der Waals surface area contributed by atoms with E-state index >= 15 is 0 Å². The number of azo groups is 1. The molecule has 0 unspecified atom stereocenters. The molecule has 1 saturated carbocycles. The van der Waals surface area contributed by atoms with E-state index in [4.69, 9.17) is 28.9 Å². The molecular formula is C16H18Cl2N6O3. The smallest absolute Gasteiger partial charge is 0.223 e. The number of nitrogens with one attached hydrogen (secondary N) is 1. The summed E-state index contributed by atoms with van der Waals surface area (Å²) >= 11 is 12.1. The second kappa shape index (κ2) is 8.32. The van der Waals surface area contributed by atoms with E-state index in [1.807, 2.05) is 0 Å². The molecule has 0 spiro atoms. The van der Waals surface area contributed by atoms with Gasteiger partial charge in [0, 0.05) is 17.5 Å². The Morgan fingerprint density at radius 1 is 1.19 bits per heavy atom. The summed E-state index contributed by atoms with van der Waals surface area (Å²) in [5, 5.41) is 41.1. The molecule has 1 fully saturated rings. The molecule has 11 heteroatoms. The van der Waals surface area contributed by atoms with Gasteiger partial charge in [-0.15, -0.1) is 5.11 Å². The van der Waals surface area contributed by atoms with Crippen molar-refractivity contribution in [3.8, 4) is 0 Å². The quantitative estimate of drug-likeness (QED) is 0.373. The lowest BCUT2D eigenvalue weighted by atomic mass is 10.1. The first kappa shape index (κ1) is 19.7. The molecule has 0 aliphatic heterocycles. The molecule has 0 saturated heterocycles. The van der Waals surface area contributed by atoms with Gasteiger partial charge in [-0.25, -0.2) is 0 Å². The first-order valence-corrected chi connectivity index (χ1v) is 8.88. The van der Waals surface area contributed by atoms with E-state index in [0.29, 0.717) is 17.1 Å². The van der Waals surface area contributed by atoms with Gasteiger partial charge in [0.05, 0.1) is 17.8 Å². The second-order valence-corrected chi connectivity index (χ2v) is 6.95. The standard InChI is InChI=1S/C16H18Cl2N6O3/c17-8-2-1-3-9(5-8)23-24-11-14(18)21-16(19)22-15(11)20-10-4-7(6-25)12(26)13(10)27/h1-3,5,7,10,12-13,25-27H,4,6H2,(H3,19,20,21,22)/t7-,10-,12-,13+/m1/s1. The fourth-order valence-corrected chi connectivity index (χ4v) is 3.30. The molecule has 0 bridgehead atoms. The van der Waals surface area contributed by atoms with Crippen molar-refractivity contribution in [3.63, 3.8) is 0 Å². The van der Waals surface area contributed by atoms with Gasteiger partial charge >= 0.3 is 0 Å². The summed E-state index contributed by atoms with van der Waals surface area (Å²) in [4.78, 5) is 7.94. The molecule has 4 atom stereocenters. The highest BCUT2D eigenvalue weighted by molar-refractivity contribution is 6.32. The highest BCUT2D eigenvalue weighted by atomic mass is 35.5. The number of rotatable bonds is 5. The van der Waals surface area contributed by atoms with Gasteiger partial charge in [0.25, 0.3) is 0 Å². The summed E-state index contributed by atoms with van der Waals surface area (Å²) in [5.74, 6) is -0.382. The van der Waals surface area contributed by atoms with E-state index in [0.717, 1.165) is 0 Å². The van der Waals surface area contributed by atoms with Crippen LogP contribution in [0.2, 0.25) is 10.2 Å². The Hall–Kier alpha value is -2.04. The van der Waals surface area contributed by atoms with E-state index in [1.54, 1.807) is 24.3 Å². The zero-order valence-electron chi connectivity index (χ0n) is 14.0. The van der Waals surface area contributed by atoms with Crippen LogP contribution in [0.5, 0.6) is 0 Å². The van der Waals surface area contributed by atoms with Crippen molar-refractivity contribution in [3.05, 3.63) is 34.4 Å². The predicted octanol–water partition coefficient (Wildman–Crippen LogP) is 2.30. The van der Waals surface area contributed by atoms with Gasteiger partial charge < -0.3 is 26.4 Å². The minimum absolute atomic E-state index is 0.0254. The Morgan fingerprint density at radius 3 is 2.63 bits per heavy atom. The van der Waals surface area contributed by atoms with Crippen LogP contribution in [0.15, 0.2) is 34.5 Å². The number of hydrogen-bond donors (Lipinski definition) is 5. The van der Waals surface area contributed by atoms with E-state index in [9.17, 15) is 15.3 Å². The first-order chi connectivity index (χ1) is 12.9. The number of aromatic nitrogens is 2. The zero-order chi connectivity index (χ0) is 19.6. The van der Waals surface area contributed by atoms with Crippen molar-refractivity contribution >= 4 is 46.3 Å². The predicted molar refractivity (Wildman–Crippen MR) is 102 cm³/mol. The van der Waals surface area contributed by atoms with Crippen LogP contribution in [-0.4, -0.2) is 50.1 Å². The van der Waals surface area contributed by atoms with Gasteiger partial charge in [-0.3, -0.25) is 0 Å². The Labute approximate surface area is 164 Å². The molecule has 1 heterocycles. The number of anilines is 2. The maximum atomic E-state index is 10.2. The number of aliphatic hydroxyl groups is 3. The Bertz CT molecular complexity index is 853. The fourth-order valence-electron chi connectivity index (χ4n) is 2.90. The molecule has 0 radical (unpaired) electrons. The molecule has 1 aromatic heterocycles. The molecule has 2 aromatic rings. The number of nitrogen functional groups attached to an aromatic ring is 1. The van der Waals surface area contributed by atoms with Crippen LogP contribution in [0.4, 0.5) is 23.1 Å². The summed E-state index contributed by atoms with van der Waals surface area (Å²) in [7, 11) is 0. The average molecular weight is 413 g/mol. The minimum Gasteiger partial charge on any atom is -0.396 e. The molecule has 0 amide bonds. The monoisotopic (exact) mass is 412 g/mol. The van der Waals surface area contributed by atoms with Crippen LogP contribution < -0.4 is 11.1 Å². The lowest BCUT2D eigenvalue weighted by Crippen LogP contribution is -2.35. The molecule has 3 rings (SSSR count). The number of nitrogens with two attached hydrogens (primary N) is 1. The van der Waals surface area contributed by atoms with Crippen molar-refractivity contribution in [1.82, 2.24) is 9.97 Å². The minimum atomic E-state index is -1.10. The SMILES string of the molecule is Nc1nc(Cl)c(N=Nc2cccc(Cl)c2)c(N[C@@H]2C[C@H](CO)[C@@H](O)[C@H]2O)n1. The number of hydrogen-bond acceptors (Lipinski definition) is 9. The van der Waals surface area contributed by atoms with Crippen LogP contribution in [0.25, 0.3) is 0 Å². The van der Waals surface area contributed by atoms with Crippen molar-refractivity contribution in [2.24, 2.45) is 16.1 Å². The zero-order valence-corrected chi connectivity index (χ0v) is 15.5. The van der Waals surface area contributed by atoms with Gasteiger partial charge in [0.1, 0.15) is 6.10 Å². The second-order valence-electron chi connectivity index (χ2n) is 6.16. The van der Waals surface area contributed by atoms with Gasteiger partial charge in [-0.2, -0.15) is 15.1 Å². The van der Waals surface area contributed by atoms with E-state index < -0.39 is 24.2 Å². The van der Waals surface area contributed by atoms with Crippen molar-refractivity contribution in [2.45, 2.75) is 24.7 Å². The highest BCUT2D eigenvalue weighted by Gasteiger charge is 2.41. The molecule has 1 aromatic carbocycles. The van der Waals surface area contributed by atoms with Crippen LogP contribution >= 0.6 is 23.2 Å². The van der Waals surface area contributed by atoms with E-state index in [2.05, 4.69) is 25.5 Å². The topological polar surface area (TPSA) is 149 Å². The molecule has 27 heavy (non-hydrogen) atoms. The van der Waals surface area contributed by atoms with Crippen LogP contribution in [-0.2, 0) is 0 Å². The summed E-state index contributed by atoms with van der Waals surface area (Å²) < 4.78 is 0. The van der Waals surface area contributed by atoms with Crippen LogP contribution in [0, 0.1) is 5.92 Å². The third kappa shape index (κ3) is 4.45. The van der Waals surface area contributed by atoms with Gasteiger partial charge in [0.2, 0.25) is 5.95 Å². The average Bonchev–Trinajstić information content (AvgIpc) is 2.89. The summed E-state index contributed by atoms with van der Waals surface area (Å²) in [6.07, 6.45) is -1.83. The Balaban J connectivity index is 1.89. The van der Waals surface area contributed by atoms with Crippen molar-refractivity contribution in [2.75, 3.05) is 17.7 Å². The lowest BCUT2D eigenvalue weighted by Gasteiger charge is -2.19. The van der Waals surface area contributed by atoms with Crippen molar-refractivity contribution in [1.29, 1.82) is 0 Å². The van der Waals surface area contributed by atoms with E-state index in [1.165, 1.54) is 0 Å². The first-order valence-electron chi connectivity index (χ1n) is 8.13. The van der Waals surface area contributed by atoms with Gasteiger partial charge in [-0.05, 0) is 24.6 Å². The normalized spacial score (nSPS) is 25.2. The summed E-state index contributed by atoms with van der Waals surface area (Å²) in [6, 6.07) is 6.17. The molecule has 6 N–H and O–H groups in total. The third-order valence-corrected chi connectivity index (χ3v) is 4.79. The van der Waals surface area contributed by atoms with Crippen LogP contribution in [0.3, 0.4) is 0 Å². The van der Waals surface area contributed by atoms with Gasteiger partial charge in [-0.1, -0.05) is 29.3 Å². The molecule has 1 aliphatic rings. The van der Waals surface area contributed by atoms with E-state index in [-0.39, 0.29) is 29.2 Å². The van der Waals surface area contributed by atoms with Crippen molar-refractivity contribution < 1.29 is 15.3 Å². The highest BCUT2D eigenvalue weighted by Crippen LogP contribution is 2.36. The number of nitrogens with zero attached hydrogens (tertiary/aromatic N) is 4. The molecule has 9 nitrogen and oxygen atoms in total. The molecule has 144 valence electrons. The maximum absolute atomic E-state index is 10.2. The fraction of sp³-hybridized carbons (Fsp3) is 0.375.